The van der Waals surface area contributed by atoms with E-state index in [2.05, 4.69) is 32.6 Å². The van der Waals surface area contributed by atoms with Crippen LogP contribution in [0.25, 0.3) is 11.5 Å². The van der Waals surface area contributed by atoms with Crippen LogP contribution in [0.4, 0.5) is 0 Å². The summed E-state index contributed by atoms with van der Waals surface area (Å²) >= 11 is 8.56. The molecule has 0 aliphatic heterocycles. The molecule has 0 unspecified atom stereocenters. The molecule has 2 aromatic heterocycles. The summed E-state index contributed by atoms with van der Waals surface area (Å²) in [5.74, 6) is 1.16. The molecule has 0 radical (unpaired) electrons. The van der Waals surface area contributed by atoms with Gasteiger partial charge in [0.1, 0.15) is 10.8 Å². The maximum absolute atomic E-state index is 6.30. The lowest BCUT2D eigenvalue weighted by Crippen LogP contribution is -2.05. The second-order valence-electron chi connectivity index (χ2n) is 5.18. The molecule has 20 heavy (non-hydrogen) atoms. The van der Waals surface area contributed by atoms with Gasteiger partial charge in [0.2, 0.25) is 0 Å². The molecule has 5 heteroatoms. The third-order valence-corrected chi connectivity index (χ3v) is 5.35. The Hall–Kier alpha value is -0.750. The summed E-state index contributed by atoms with van der Waals surface area (Å²) in [6.07, 6.45) is 4.95. The fourth-order valence-electron chi connectivity index (χ4n) is 2.69. The van der Waals surface area contributed by atoms with Gasteiger partial charge in [0.05, 0.1) is 9.26 Å². The van der Waals surface area contributed by atoms with Gasteiger partial charge >= 0.3 is 0 Å². The monoisotopic (exact) mass is 399 g/mol. The van der Waals surface area contributed by atoms with Crippen LogP contribution in [0.1, 0.15) is 43.0 Å². The molecule has 3 rings (SSSR count). The summed E-state index contributed by atoms with van der Waals surface area (Å²) in [5, 5.41) is 0.542. The van der Waals surface area contributed by atoms with Crippen molar-refractivity contribution in [2.75, 3.05) is 0 Å². The van der Waals surface area contributed by atoms with E-state index in [9.17, 15) is 0 Å². The van der Waals surface area contributed by atoms with Crippen LogP contribution in [-0.2, 0) is 0 Å². The minimum Gasteiger partial charge on any atom is -0.250 e. The largest absolute Gasteiger partial charge is 0.250 e. The average Bonchev–Trinajstić information content (AvgIpc) is 2.95. The highest BCUT2D eigenvalue weighted by atomic mass is 127. The predicted octanol–water partition coefficient (Wildman–Crippen LogP) is 4.76. The number of rotatable bonds is 2. The number of aryl methyl sites for hydroxylation is 1. The zero-order valence-corrected chi connectivity index (χ0v) is 14.1. The van der Waals surface area contributed by atoms with Crippen LogP contribution in [0, 0.1) is 10.5 Å². The van der Waals surface area contributed by atoms with Crippen LogP contribution in [0.3, 0.4) is 0 Å². The van der Waals surface area contributed by atoms with Gasteiger partial charge in [-0.15, -0.1) is 0 Å². The van der Waals surface area contributed by atoms with Gasteiger partial charge in [-0.2, -0.15) is 0 Å². The third kappa shape index (κ3) is 2.81. The summed E-state index contributed by atoms with van der Waals surface area (Å²) < 4.78 is 0.993. The molecule has 0 spiro atoms. The van der Waals surface area contributed by atoms with Gasteiger partial charge in [-0.05, 0) is 54.5 Å². The van der Waals surface area contributed by atoms with Crippen molar-refractivity contribution >= 4 is 34.2 Å². The molecule has 0 atom stereocenters. The molecule has 0 amide bonds. The Morgan fingerprint density at radius 1 is 1.15 bits per heavy atom. The zero-order valence-electron chi connectivity index (χ0n) is 11.2. The first kappa shape index (κ1) is 14.2. The second-order valence-corrected chi connectivity index (χ2v) is 6.62. The van der Waals surface area contributed by atoms with Gasteiger partial charge in [-0.3, -0.25) is 0 Å². The van der Waals surface area contributed by atoms with E-state index in [-0.39, 0.29) is 0 Å². The van der Waals surface area contributed by atoms with Crippen LogP contribution < -0.4 is 0 Å². The number of aromatic nitrogens is 3. The SMILES string of the molecule is Cc1cccc(-c2nc(Cl)c(I)c(C3CCCC3)n2)n1. The lowest BCUT2D eigenvalue weighted by Gasteiger charge is -2.13. The standard InChI is InChI=1S/C15H15ClIN3/c1-9-5-4-8-11(18-9)15-19-13(10-6-2-3-7-10)12(17)14(16)20-15/h4-5,8,10H,2-3,6-7H2,1H3. The number of halogens is 2. The van der Waals surface area contributed by atoms with E-state index < -0.39 is 0 Å². The topological polar surface area (TPSA) is 38.7 Å². The van der Waals surface area contributed by atoms with Crippen molar-refractivity contribution in [3.05, 3.63) is 38.3 Å². The Balaban J connectivity index is 2.08. The Morgan fingerprint density at radius 2 is 1.90 bits per heavy atom. The van der Waals surface area contributed by atoms with Crippen molar-refractivity contribution in [1.82, 2.24) is 15.0 Å². The number of pyridine rings is 1. The van der Waals surface area contributed by atoms with Crippen molar-refractivity contribution in [3.63, 3.8) is 0 Å². The molecule has 0 aromatic carbocycles. The molecule has 1 fully saturated rings. The summed E-state index contributed by atoms with van der Waals surface area (Å²) in [5.41, 5.74) is 2.85. The van der Waals surface area contributed by atoms with E-state index in [1.165, 1.54) is 25.7 Å². The highest BCUT2D eigenvalue weighted by Crippen LogP contribution is 2.37. The van der Waals surface area contributed by atoms with E-state index in [4.69, 9.17) is 16.6 Å². The van der Waals surface area contributed by atoms with Gasteiger partial charge in [-0.1, -0.05) is 30.5 Å². The first-order valence-electron chi connectivity index (χ1n) is 6.82. The van der Waals surface area contributed by atoms with Gasteiger partial charge in [0, 0.05) is 11.6 Å². The van der Waals surface area contributed by atoms with Crippen LogP contribution in [0.5, 0.6) is 0 Å². The Bertz CT molecular complexity index is 639. The Labute approximate surface area is 137 Å². The van der Waals surface area contributed by atoms with E-state index in [0.29, 0.717) is 16.9 Å². The van der Waals surface area contributed by atoms with Crippen molar-refractivity contribution in [3.8, 4) is 11.5 Å². The molecule has 1 aliphatic carbocycles. The molecule has 2 aromatic rings. The zero-order chi connectivity index (χ0) is 14.1. The maximum atomic E-state index is 6.30. The van der Waals surface area contributed by atoms with Crippen LogP contribution in [-0.4, -0.2) is 15.0 Å². The van der Waals surface area contributed by atoms with Gasteiger partial charge in [-0.25, -0.2) is 15.0 Å². The Morgan fingerprint density at radius 3 is 2.60 bits per heavy atom. The summed E-state index contributed by atoms with van der Waals surface area (Å²) in [4.78, 5) is 13.7. The van der Waals surface area contributed by atoms with Crippen molar-refractivity contribution in [1.29, 1.82) is 0 Å². The molecule has 2 heterocycles. The lowest BCUT2D eigenvalue weighted by molar-refractivity contribution is 0.690. The highest BCUT2D eigenvalue weighted by Gasteiger charge is 2.23. The van der Waals surface area contributed by atoms with Crippen LogP contribution in [0.2, 0.25) is 5.15 Å². The molecular formula is C15H15ClIN3. The van der Waals surface area contributed by atoms with Crippen molar-refractivity contribution in [2.45, 2.75) is 38.5 Å². The quantitative estimate of drug-likeness (QED) is 0.540. The van der Waals surface area contributed by atoms with E-state index >= 15 is 0 Å². The number of hydrogen-bond acceptors (Lipinski definition) is 3. The van der Waals surface area contributed by atoms with E-state index in [0.717, 1.165) is 20.7 Å². The third-order valence-electron chi connectivity index (χ3n) is 3.70. The lowest BCUT2D eigenvalue weighted by atomic mass is 10.0. The minimum absolute atomic E-state index is 0.519. The minimum atomic E-state index is 0.519. The fraction of sp³-hybridized carbons (Fsp3) is 0.400. The van der Waals surface area contributed by atoms with Gasteiger partial charge in [0.15, 0.2) is 5.82 Å². The highest BCUT2D eigenvalue weighted by molar-refractivity contribution is 14.1. The number of nitrogens with zero attached hydrogens (tertiary/aromatic N) is 3. The molecule has 0 N–H and O–H groups in total. The predicted molar refractivity (Wildman–Crippen MR) is 88.9 cm³/mol. The Kier molecular flexibility index (Phi) is 4.21. The molecule has 0 saturated heterocycles. The first-order chi connectivity index (χ1) is 9.65. The number of hydrogen-bond donors (Lipinski definition) is 0. The average molecular weight is 400 g/mol. The van der Waals surface area contributed by atoms with Crippen molar-refractivity contribution in [2.24, 2.45) is 0 Å². The van der Waals surface area contributed by atoms with Gasteiger partial charge < -0.3 is 0 Å². The molecule has 0 bridgehead atoms. The van der Waals surface area contributed by atoms with Gasteiger partial charge in [0.25, 0.3) is 0 Å². The smallest absolute Gasteiger partial charge is 0.179 e. The van der Waals surface area contributed by atoms with E-state index in [1.807, 2.05) is 25.1 Å². The van der Waals surface area contributed by atoms with Crippen LogP contribution >= 0.6 is 34.2 Å². The van der Waals surface area contributed by atoms with Crippen LogP contribution in [0.15, 0.2) is 18.2 Å². The molecule has 1 saturated carbocycles. The van der Waals surface area contributed by atoms with E-state index in [1.54, 1.807) is 0 Å². The maximum Gasteiger partial charge on any atom is 0.179 e. The molecule has 3 nitrogen and oxygen atoms in total. The molecule has 1 aliphatic rings. The first-order valence-corrected chi connectivity index (χ1v) is 8.28. The molecular weight excluding hydrogens is 385 g/mol. The fourth-order valence-corrected chi connectivity index (χ4v) is 3.55. The summed E-state index contributed by atoms with van der Waals surface area (Å²) in [6.45, 7) is 1.97. The summed E-state index contributed by atoms with van der Waals surface area (Å²) in [7, 11) is 0. The van der Waals surface area contributed by atoms with Crippen molar-refractivity contribution < 1.29 is 0 Å². The molecule has 104 valence electrons. The summed E-state index contributed by atoms with van der Waals surface area (Å²) in [6, 6.07) is 5.88. The normalized spacial score (nSPS) is 15.8. The second kappa shape index (κ2) is 5.93.